The molecule has 0 amide bonds. The van der Waals surface area contributed by atoms with Gasteiger partial charge in [0.1, 0.15) is 0 Å². The predicted octanol–water partition coefficient (Wildman–Crippen LogP) is 2.17. The molecule has 1 saturated heterocycles. The SMILES string of the molecule is O=S(=O)(N[C@@H]1CCCN(CCCc2ccccc2)C1)C1CC1. The van der Waals surface area contributed by atoms with E-state index in [1.165, 1.54) is 5.56 Å². The summed E-state index contributed by atoms with van der Waals surface area (Å²) in [6, 6.07) is 10.7. The molecule has 0 aromatic heterocycles. The molecule has 1 aliphatic carbocycles. The van der Waals surface area contributed by atoms with E-state index in [0.29, 0.717) is 0 Å². The standard InChI is InChI=1S/C17H26N2O2S/c20-22(21,17-10-11-17)18-16-9-5-13-19(14-16)12-4-8-15-6-2-1-3-7-15/h1-3,6-7,16-18H,4-5,8-14H2/t16-/m1/s1. The molecule has 122 valence electrons. The lowest BCUT2D eigenvalue weighted by molar-refractivity contribution is 0.200. The molecular formula is C17H26N2O2S. The number of piperidine rings is 1. The highest BCUT2D eigenvalue weighted by atomic mass is 32.2. The minimum absolute atomic E-state index is 0.107. The van der Waals surface area contributed by atoms with E-state index < -0.39 is 10.0 Å². The number of sulfonamides is 1. The summed E-state index contributed by atoms with van der Waals surface area (Å²) < 4.78 is 27.0. The second-order valence-electron chi connectivity index (χ2n) is 6.59. The lowest BCUT2D eigenvalue weighted by atomic mass is 10.1. The maximum atomic E-state index is 12.0. The van der Waals surface area contributed by atoms with E-state index >= 15 is 0 Å². The zero-order chi connectivity index (χ0) is 15.4. The number of benzene rings is 1. The van der Waals surface area contributed by atoms with Crippen LogP contribution in [0.1, 0.15) is 37.7 Å². The van der Waals surface area contributed by atoms with Gasteiger partial charge in [0.2, 0.25) is 10.0 Å². The Kier molecular flexibility index (Phi) is 5.16. The van der Waals surface area contributed by atoms with Crippen LogP contribution < -0.4 is 4.72 Å². The van der Waals surface area contributed by atoms with Gasteiger partial charge < -0.3 is 4.90 Å². The summed E-state index contributed by atoms with van der Waals surface area (Å²) in [6.45, 7) is 3.01. The molecule has 2 aliphatic rings. The van der Waals surface area contributed by atoms with E-state index in [1.807, 2.05) is 6.07 Å². The van der Waals surface area contributed by atoms with Gasteiger partial charge in [-0.2, -0.15) is 0 Å². The Morgan fingerprint density at radius 3 is 2.64 bits per heavy atom. The molecule has 5 heteroatoms. The molecular weight excluding hydrogens is 296 g/mol. The normalized spacial score (nSPS) is 23.5. The van der Waals surface area contributed by atoms with Crippen molar-refractivity contribution >= 4 is 10.0 Å². The number of nitrogens with zero attached hydrogens (tertiary/aromatic N) is 1. The van der Waals surface area contributed by atoms with E-state index in [0.717, 1.165) is 58.2 Å². The van der Waals surface area contributed by atoms with E-state index in [2.05, 4.69) is 33.9 Å². The smallest absolute Gasteiger partial charge is 0.214 e. The summed E-state index contributed by atoms with van der Waals surface area (Å²) in [6.07, 6.45) is 5.96. The number of rotatable bonds is 7. The second-order valence-corrected chi connectivity index (χ2v) is 8.58. The van der Waals surface area contributed by atoms with Gasteiger partial charge in [-0.1, -0.05) is 30.3 Å². The molecule has 1 aliphatic heterocycles. The minimum atomic E-state index is -3.05. The van der Waals surface area contributed by atoms with E-state index in [-0.39, 0.29) is 11.3 Å². The number of hydrogen-bond acceptors (Lipinski definition) is 3. The summed E-state index contributed by atoms with van der Waals surface area (Å²) in [5.74, 6) is 0. The minimum Gasteiger partial charge on any atom is -0.302 e. The molecule has 1 aromatic carbocycles. The average molecular weight is 322 g/mol. The van der Waals surface area contributed by atoms with Gasteiger partial charge >= 0.3 is 0 Å². The van der Waals surface area contributed by atoms with Gasteiger partial charge in [0.25, 0.3) is 0 Å². The van der Waals surface area contributed by atoms with Crippen molar-refractivity contribution in [1.82, 2.24) is 9.62 Å². The third-order valence-electron chi connectivity index (χ3n) is 4.58. The van der Waals surface area contributed by atoms with Crippen molar-refractivity contribution < 1.29 is 8.42 Å². The lowest BCUT2D eigenvalue weighted by Gasteiger charge is -2.33. The first kappa shape index (κ1) is 16.0. The van der Waals surface area contributed by atoms with Crippen molar-refractivity contribution in [3.05, 3.63) is 35.9 Å². The third-order valence-corrected chi connectivity index (χ3v) is 6.59. The van der Waals surface area contributed by atoms with Gasteiger partial charge in [-0.25, -0.2) is 13.1 Å². The van der Waals surface area contributed by atoms with Gasteiger partial charge in [-0.05, 0) is 57.2 Å². The van der Waals surface area contributed by atoms with Crippen LogP contribution >= 0.6 is 0 Å². The lowest BCUT2D eigenvalue weighted by Crippen LogP contribution is -2.48. The van der Waals surface area contributed by atoms with E-state index in [1.54, 1.807) is 0 Å². The maximum absolute atomic E-state index is 12.0. The molecule has 0 spiro atoms. The van der Waals surface area contributed by atoms with Crippen LogP contribution in [0, 0.1) is 0 Å². The van der Waals surface area contributed by atoms with Crippen LogP contribution in [0.5, 0.6) is 0 Å². The van der Waals surface area contributed by atoms with Crippen molar-refractivity contribution in [3.63, 3.8) is 0 Å². The topological polar surface area (TPSA) is 49.4 Å². The summed E-state index contributed by atoms with van der Waals surface area (Å²) in [7, 11) is -3.05. The first-order valence-corrected chi connectivity index (χ1v) is 9.95. The molecule has 0 radical (unpaired) electrons. The summed E-state index contributed by atoms with van der Waals surface area (Å²) in [4.78, 5) is 2.41. The van der Waals surface area contributed by atoms with Gasteiger partial charge in [0.15, 0.2) is 0 Å². The Hall–Kier alpha value is -0.910. The van der Waals surface area contributed by atoms with Gasteiger partial charge in [0.05, 0.1) is 5.25 Å². The average Bonchev–Trinajstić information content (AvgIpc) is 3.33. The highest BCUT2D eigenvalue weighted by Crippen LogP contribution is 2.28. The summed E-state index contributed by atoms with van der Waals surface area (Å²) in [5, 5.41) is -0.110. The zero-order valence-corrected chi connectivity index (χ0v) is 13.9. The largest absolute Gasteiger partial charge is 0.302 e. The molecule has 1 heterocycles. The molecule has 1 N–H and O–H groups in total. The molecule has 4 nitrogen and oxygen atoms in total. The van der Waals surface area contributed by atoms with Crippen LogP contribution in [0.2, 0.25) is 0 Å². The first-order chi connectivity index (χ1) is 10.6. The Morgan fingerprint density at radius 1 is 1.14 bits per heavy atom. The summed E-state index contributed by atoms with van der Waals surface area (Å²) in [5.41, 5.74) is 1.38. The van der Waals surface area contributed by atoms with Crippen molar-refractivity contribution in [1.29, 1.82) is 0 Å². The van der Waals surface area contributed by atoms with Gasteiger partial charge in [0, 0.05) is 12.6 Å². The van der Waals surface area contributed by atoms with Gasteiger partial charge in [-0.3, -0.25) is 0 Å². The Bertz CT molecular complexity index is 570. The fourth-order valence-electron chi connectivity index (χ4n) is 3.21. The number of aryl methyl sites for hydroxylation is 1. The van der Waals surface area contributed by atoms with Crippen LogP contribution in [0.15, 0.2) is 30.3 Å². The van der Waals surface area contributed by atoms with Crippen LogP contribution in [0.4, 0.5) is 0 Å². The molecule has 3 rings (SSSR count). The van der Waals surface area contributed by atoms with Crippen molar-refractivity contribution in [2.45, 2.75) is 49.8 Å². The van der Waals surface area contributed by atoms with Gasteiger partial charge in [-0.15, -0.1) is 0 Å². The van der Waals surface area contributed by atoms with Crippen molar-refractivity contribution in [2.75, 3.05) is 19.6 Å². The van der Waals surface area contributed by atoms with E-state index in [4.69, 9.17) is 0 Å². The number of nitrogens with one attached hydrogen (secondary N) is 1. The molecule has 1 atom stereocenters. The highest BCUT2D eigenvalue weighted by molar-refractivity contribution is 7.90. The third kappa shape index (κ3) is 4.54. The van der Waals surface area contributed by atoms with Crippen molar-refractivity contribution in [2.24, 2.45) is 0 Å². The van der Waals surface area contributed by atoms with E-state index in [9.17, 15) is 8.42 Å². The highest BCUT2D eigenvalue weighted by Gasteiger charge is 2.37. The molecule has 22 heavy (non-hydrogen) atoms. The monoisotopic (exact) mass is 322 g/mol. The molecule has 0 bridgehead atoms. The van der Waals surface area contributed by atoms with Crippen LogP contribution in [-0.2, 0) is 16.4 Å². The Labute approximate surface area is 134 Å². The molecule has 1 aromatic rings. The predicted molar refractivity (Wildman–Crippen MR) is 89.3 cm³/mol. The number of likely N-dealkylation sites (tertiary alicyclic amines) is 1. The van der Waals surface area contributed by atoms with Crippen LogP contribution in [0.3, 0.4) is 0 Å². The second kappa shape index (κ2) is 7.11. The molecule has 1 saturated carbocycles. The fourth-order valence-corrected chi connectivity index (χ4v) is 4.82. The first-order valence-electron chi connectivity index (χ1n) is 8.41. The van der Waals surface area contributed by atoms with Crippen molar-refractivity contribution in [3.8, 4) is 0 Å². The van der Waals surface area contributed by atoms with Crippen LogP contribution in [0.25, 0.3) is 0 Å². The Morgan fingerprint density at radius 2 is 1.91 bits per heavy atom. The molecule has 0 unspecified atom stereocenters. The summed E-state index contributed by atoms with van der Waals surface area (Å²) >= 11 is 0. The zero-order valence-electron chi connectivity index (χ0n) is 13.1. The fraction of sp³-hybridized carbons (Fsp3) is 0.647. The Balaban J connectivity index is 1.42. The quantitative estimate of drug-likeness (QED) is 0.837. The molecule has 2 fully saturated rings. The number of hydrogen-bond donors (Lipinski definition) is 1. The maximum Gasteiger partial charge on any atom is 0.214 e. The van der Waals surface area contributed by atoms with Crippen LogP contribution in [-0.4, -0.2) is 44.2 Å².